The van der Waals surface area contributed by atoms with Crippen LogP contribution in [-0.2, 0) is 4.74 Å². The summed E-state index contributed by atoms with van der Waals surface area (Å²) in [6.45, 7) is 7.28. The normalized spacial score (nSPS) is 20.2. The molecule has 1 aliphatic heterocycles. The summed E-state index contributed by atoms with van der Waals surface area (Å²) in [4.78, 5) is 0. The van der Waals surface area contributed by atoms with Crippen LogP contribution in [0.2, 0.25) is 0 Å². The SMILES string of the molecule is CCCCCCCCC(OC)[N+]1(C)CCC=C(c2nsnc2OCCCCCC)C1. The molecule has 0 spiro atoms. The highest BCUT2D eigenvalue weighted by molar-refractivity contribution is 6.99. The number of aromatic nitrogens is 2. The van der Waals surface area contributed by atoms with Gasteiger partial charge < -0.3 is 9.47 Å². The summed E-state index contributed by atoms with van der Waals surface area (Å²) in [6.07, 6.45) is 17.5. The number of rotatable bonds is 16. The van der Waals surface area contributed by atoms with E-state index in [0.717, 1.165) is 55.0 Å². The maximum absolute atomic E-state index is 6.00. The Bertz CT molecular complexity index is 619. The van der Waals surface area contributed by atoms with Crippen molar-refractivity contribution in [1.82, 2.24) is 8.75 Å². The lowest BCUT2D eigenvalue weighted by Gasteiger charge is -2.43. The van der Waals surface area contributed by atoms with Crippen molar-refractivity contribution in [1.29, 1.82) is 0 Å². The van der Waals surface area contributed by atoms with Crippen molar-refractivity contribution < 1.29 is 14.0 Å². The van der Waals surface area contributed by atoms with Crippen LogP contribution < -0.4 is 4.74 Å². The fourth-order valence-corrected chi connectivity index (χ4v) is 4.97. The molecule has 2 unspecified atom stereocenters. The molecule has 5 nitrogen and oxygen atoms in total. The molecular weight excluding hydrogens is 394 g/mol. The van der Waals surface area contributed by atoms with Gasteiger partial charge in [-0.3, -0.25) is 4.48 Å². The fourth-order valence-electron chi connectivity index (χ4n) is 4.44. The van der Waals surface area contributed by atoms with Gasteiger partial charge in [0.1, 0.15) is 12.2 Å². The second-order valence-corrected chi connectivity index (χ2v) is 9.48. The standard InChI is InChI=1S/C24H44N3O2S/c1-5-7-9-11-12-13-17-22(28-4)27(3)18-15-16-21(20-27)23-24(26-30-25-23)29-19-14-10-8-6-2/h16,22H,5-15,17-20H2,1-4H3/q+1. The second-order valence-electron chi connectivity index (χ2n) is 8.95. The molecule has 0 amide bonds. The molecule has 2 heterocycles. The van der Waals surface area contributed by atoms with Crippen molar-refractivity contribution in [3.8, 4) is 5.88 Å². The number of quaternary nitrogens is 1. The summed E-state index contributed by atoms with van der Waals surface area (Å²) < 4.78 is 22.0. The Labute approximate surface area is 188 Å². The molecule has 0 N–H and O–H groups in total. The van der Waals surface area contributed by atoms with E-state index in [2.05, 4.69) is 35.7 Å². The van der Waals surface area contributed by atoms with Crippen LogP contribution in [0, 0.1) is 0 Å². The third-order valence-corrected chi connectivity index (χ3v) is 6.85. The fraction of sp³-hybridized carbons (Fsp3) is 0.833. The Balaban J connectivity index is 1.90. The van der Waals surface area contributed by atoms with Gasteiger partial charge in [0.25, 0.3) is 5.88 Å². The molecule has 172 valence electrons. The molecule has 2 rings (SSSR count). The number of nitrogens with zero attached hydrogens (tertiary/aromatic N) is 3. The van der Waals surface area contributed by atoms with Gasteiger partial charge in [-0.05, 0) is 12.8 Å². The van der Waals surface area contributed by atoms with Gasteiger partial charge in [0.2, 0.25) is 0 Å². The zero-order chi connectivity index (χ0) is 21.7. The lowest BCUT2D eigenvalue weighted by Crippen LogP contribution is -2.55. The Morgan fingerprint density at radius 3 is 2.43 bits per heavy atom. The predicted octanol–water partition coefficient (Wildman–Crippen LogP) is 6.45. The number of hydrogen-bond acceptors (Lipinski definition) is 5. The molecule has 1 aromatic heterocycles. The number of unbranched alkanes of at least 4 members (excludes halogenated alkanes) is 8. The molecule has 0 aliphatic carbocycles. The molecule has 0 fully saturated rings. The molecule has 30 heavy (non-hydrogen) atoms. The first kappa shape index (κ1) is 25.3. The summed E-state index contributed by atoms with van der Waals surface area (Å²) in [6, 6.07) is 0. The van der Waals surface area contributed by atoms with Crippen molar-refractivity contribution in [3.05, 3.63) is 11.8 Å². The molecule has 0 saturated carbocycles. The van der Waals surface area contributed by atoms with E-state index in [9.17, 15) is 0 Å². The van der Waals surface area contributed by atoms with Crippen LogP contribution in [0.3, 0.4) is 0 Å². The largest absolute Gasteiger partial charge is 0.475 e. The predicted molar refractivity (Wildman–Crippen MR) is 127 cm³/mol. The molecular formula is C24H44N3O2S+. The quantitative estimate of drug-likeness (QED) is 0.220. The minimum absolute atomic E-state index is 0.241. The third kappa shape index (κ3) is 7.93. The minimum Gasteiger partial charge on any atom is -0.475 e. The molecule has 0 radical (unpaired) electrons. The van der Waals surface area contributed by atoms with Crippen molar-refractivity contribution in [2.45, 2.75) is 97.1 Å². The highest BCUT2D eigenvalue weighted by Gasteiger charge is 2.36. The Morgan fingerprint density at radius 1 is 1.00 bits per heavy atom. The first-order valence-corrected chi connectivity index (χ1v) is 12.9. The van der Waals surface area contributed by atoms with Gasteiger partial charge in [-0.1, -0.05) is 71.3 Å². The first-order chi connectivity index (χ1) is 14.6. The van der Waals surface area contributed by atoms with Crippen LogP contribution in [0.4, 0.5) is 0 Å². The first-order valence-electron chi connectivity index (χ1n) is 12.2. The van der Waals surface area contributed by atoms with E-state index in [0.29, 0.717) is 0 Å². The van der Waals surface area contributed by atoms with Crippen LogP contribution >= 0.6 is 11.7 Å². The van der Waals surface area contributed by atoms with E-state index in [4.69, 9.17) is 9.47 Å². The van der Waals surface area contributed by atoms with Crippen LogP contribution in [0.1, 0.15) is 96.6 Å². The zero-order valence-electron chi connectivity index (χ0n) is 19.8. The summed E-state index contributed by atoms with van der Waals surface area (Å²) in [7, 11) is 4.21. The number of methoxy groups -OCH3 is 1. The Hall–Kier alpha value is -0.980. The van der Waals surface area contributed by atoms with Crippen LogP contribution in [0.25, 0.3) is 5.57 Å². The topological polar surface area (TPSA) is 44.2 Å². The van der Waals surface area contributed by atoms with Gasteiger partial charge in [0.15, 0.2) is 6.23 Å². The van der Waals surface area contributed by atoms with E-state index in [-0.39, 0.29) is 6.23 Å². The third-order valence-electron chi connectivity index (χ3n) is 6.33. The molecule has 1 aromatic rings. The summed E-state index contributed by atoms with van der Waals surface area (Å²) >= 11 is 1.26. The summed E-state index contributed by atoms with van der Waals surface area (Å²) in [5.74, 6) is 0.723. The van der Waals surface area contributed by atoms with Crippen LogP contribution in [-0.4, -0.2) is 53.3 Å². The van der Waals surface area contributed by atoms with Crippen LogP contribution in [0.15, 0.2) is 6.08 Å². The smallest absolute Gasteiger partial charge is 0.253 e. The van der Waals surface area contributed by atoms with E-state index >= 15 is 0 Å². The monoisotopic (exact) mass is 438 g/mol. The molecule has 1 aliphatic rings. The zero-order valence-corrected chi connectivity index (χ0v) is 20.6. The average Bonchev–Trinajstić information content (AvgIpc) is 3.21. The number of likely N-dealkylation sites (N-methyl/N-ethyl adjacent to an activating group) is 1. The van der Waals surface area contributed by atoms with Crippen LogP contribution in [0.5, 0.6) is 5.88 Å². The number of hydrogen-bond donors (Lipinski definition) is 0. The Kier molecular flexibility index (Phi) is 11.9. The van der Waals surface area contributed by atoms with Gasteiger partial charge in [0.05, 0.1) is 31.9 Å². The van der Waals surface area contributed by atoms with E-state index in [1.165, 1.54) is 75.1 Å². The van der Waals surface area contributed by atoms with Gasteiger partial charge in [-0.25, -0.2) is 0 Å². The molecule has 0 bridgehead atoms. The maximum Gasteiger partial charge on any atom is 0.253 e. The van der Waals surface area contributed by atoms with Gasteiger partial charge in [-0.2, -0.15) is 4.37 Å². The lowest BCUT2D eigenvalue weighted by atomic mass is 10.0. The van der Waals surface area contributed by atoms with E-state index < -0.39 is 0 Å². The van der Waals surface area contributed by atoms with Crippen molar-refractivity contribution >= 4 is 17.3 Å². The van der Waals surface area contributed by atoms with E-state index in [1.54, 1.807) is 0 Å². The minimum atomic E-state index is 0.241. The Morgan fingerprint density at radius 2 is 1.70 bits per heavy atom. The number of ether oxygens (including phenoxy) is 2. The van der Waals surface area contributed by atoms with E-state index in [1.807, 2.05) is 7.11 Å². The van der Waals surface area contributed by atoms with Gasteiger partial charge in [-0.15, -0.1) is 4.37 Å². The second kappa shape index (κ2) is 14.2. The summed E-state index contributed by atoms with van der Waals surface area (Å²) in [5.41, 5.74) is 2.22. The van der Waals surface area contributed by atoms with Crippen molar-refractivity contribution in [2.75, 3.05) is 33.9 Å². The van der Waals surface area contributed by atoms with Crippen molar-refractivity contribution in [2.24, 2.45) is 0 Å². The molecule has 2 atom stereocenters. The lowest BCUT2D eigenvalue weighted by molar-refractivity contribution is -0.949. The van der Waals surface area contributed by atoms with Gasteiger partial charge >= 0.3 is 0 Å². The maximum atomic E-state index is 6.00. The van der Waals surface area contributed by atoms with Gasteiger partial charge in [0, 0.05) is 25.5 Å². The summed E-state index contributed by atoms with van der Waals surface area (Å²) in [5, 5.41) is 0. The van der Waals surface area contributed by atoms with Crippen molar-refractivity contribution in [3.63, 3.8) is 0 Å². The highest BCUT2D eigenvalue weighted by Crippen LogP contribution is 2.32. The highest BCUT2D eigenvalue weighted by atomic mass is 32.1. The molecule has 0 saturated heterocycles. The molecule has 6 heteroatoms. The molecule has 0 aromatic carbocycles. The average molecular weight is 439 g/mol.